The number of thiophene rings is 1. The zero-order chi connectivity index (χ0) is 23.7. The average Bonchev–Trinajstić information content (AvgIpc) is 3.24. The van der Waals surface area contributed by atoms with Crippen molar-refractivity contribution in [1.29, 1.82) is 0 Å². The highest BCUT2D eigenvalue weighted by atomic mass is 32.1. The van der Waals surface area contributed by atoms with E-state index in [4.69, 9.17) is 4.99 Å². The van der Waals surface area contributed by atoms with Crippen LogP contribution in [0.3, 0.4) is 0 Å². The van der Waals surface area contributed by atoms with Gasteiger partial charge in [0, 0.05) is 28.5 Å². The van der Waals surface area contributed by atoms with Gasteiger partial charge in [-0.15, -0.1) is 21.5 Å². The summed E-state index contributed by atoms with van der Waals surface area (Å²) in [5.41, 5.74) is 4.49. The number of aromatic nitrogens is 3. The molecule has 33 heavy (non-hydrogen) atoms. The highest BCUT2D eigenvalue weighted by Gasteiger charge is 2.32. The Labute approximate surface area is 195 Å². The van der Waals surface area contributed by atoms with Gasteiger partial charge in [-0.05, 0) is 38.5 Å². The van der Waals surface area contributed by atoms with Crippen molar-refractivity contribution in [3.8, 4) is 16.8 Å². The van der Waals surface area contributed by atoms with Gasteiger partial charge < -0.3 is 10.4 Å². The lowest BCUT2D eigenvalue weighted by molar-refractivity contribution is -0.137. The smallest absolute Gasteiger partial charge is 0.306 e. The highest BCUT2D eigenvalue weighted by Crippen LogP contribution is 2.39. The highest BCUT2D eigenvalue weighted by molar-refractivity contribution is 7.15. The van der Waals surface area contributed by atoms with Crippen LogP contribution in [0.4, 0.5) is 0 Å². The number of benzene rings is 1. The van der Waals surface area contributed by atoms with Crippen molar-refractivity contribution in [3.63, 3.8) is 0 Å². The third-order valence-electron chi connectivity index (χ3n) is 5.42. The van der Waals surface area contributed by atoms with Crippen molar-refractivity contribution in [1.82, 2.24) is 20.1 Å². The Balaban J connectivity index is 1.81. The van der Waals surface area contributed by atoms with E-state index >= 15 is 0 Å². The van der Waals surface area contributed by atoms with Gasteiger partial charge in [-0.2, -0.15) is 0 Å². The van der Waals surface area contributed by atoms with Gasteiger partial charge in [-0.3, -0.25) is 19.1 Å². The van der Waals surface area contributed by atoms with Crippen LogP contribution in [-0.4, -0.2) is 44.0 Å². The minimum atomic E-state index is -0.946. The van der Waals surface area contributed by atoms with E-state index in [9.17, 15) is 14.7 Å². The van der Waals surface area contributed by atoms with Gasteiger partial charge in [0.2, 0.25) is 5.91 Å². The zero-order valence-corrected chi connectivity index (χ0v) is 19.6. The second kappa shape index (κ2) is 9.00. The molecule has 1 aliphatic rings. The number of carbonyl (C=O) groups excluding carboxylic acids is 1. The number of aliphatic imine (C=N–C) groups is 1. The molecule has 0 spiro atoms. The summed E-state index contributed by atoms with van der Waals surface area (Å²) in [7, 11) is 0. The number of hydrogen-bond donors (Lipinski definition) is 2. The first kappa shape index (κ1) is 22.4. The van der Waals surface area contributed by atoms with Gasteiger partial charge in [-0.25, -0.2) is 0 Å². The molecule has 0 aliphatic carbocycles. The number of hydrogen-bond acceptors (Lipinski definition) is 6. The van der Waals surface area contributed by atoms with E-state index in [1.165, 1.54) is 6.92 Å². The number of amides is 1. The van der Waals surface area contributed by atoms with E-state index < -0.39 is 12.0 Å². The Morgan fingerprint density at radius 3 is 2.58 bits per heavy atom. The maximum absolute atomic E-state index is 11.6. The van der Waals surface area contributed by atoms with Crippen LogP contribution in [0.1, 0.15) is 58.2 Å². The summed E-state index contributed by atoms with van der Waals surface area (Å²) in [6.45, 7) is 7.72. The Morgan fingerprint density at radius 1 is 1.18 bits per heavy atom. The fourth-order valence-electron chi connectivity index (χ4n) is 3.72. The average molecular weight is 462 g/mol. The molecule has 1 unspecified atom stereocenters. The molecule has 4 rings (SSSR count). The summed E-state index contributed by atoms with van der Waals surface area (Å²) in [4.78, 5) is 28.7. The van der Waals surface area contributed by atoms with Gasteiger partial charge in [-0.1, -0.05) is 24.0 Å². The quantitative estimate of drug-likeness (QED) is 0.580. The zero-order valence-electron chi connectivity index (χ0n) is 18.8. The number of nitrogens with one attached hydrogen (secondary N) is 1. The number of carboxylic acid groups (broad SMARTS) is 1. The molecule has 0 radical (unpaired) electrons. The standard InChI is InChI=1S/C24H23N5O3S/c1-13-14(2)33-24-21(13)22(18-9-7-17(8-10-18)6-5-11-25-16(4)30)26-19(12-20(31)32)23-28-27-15(3)29(23)24/h7-10,19H,11-12H2,1-4H3,(H,25,30)(H,31,32). The van der Waals surface area contributed by atoms with Gasteiger partial charge in [0.1, 0.15) is 16.9 Å². The second-order valence-corrected chi connectivity index (χ2v) is 8.99. The molecule has 1 atom stereocenters. The van der Waals surface area contributed by atoms with Crippen LogP contribution in [0.5, 0.6) is 0 Å². The van der Waals surface area contributed by atoms with Crippen LogP contribution < -0.4 is 5.32 Å². The summed E-state index contributed by atoms with van der Waals surface area (Å²) in [6, 6.07) is 7.02. The van der Waals surface area contributed by atoms with E-state index in [2.05, 4.69) is 41.2 Å². The van der Waals surface area contributed by atoms with Crippen LogP contribution >= 0.6 is 11.3 Å². The van der Waals surface area contributed by atoms with E-state index in [-0.39, 0.29) is 18.9 Å². The molecular weight excluding hydrogens is 438 g/mol. The van der Waals surface area contributed by atoms with Gasteiger partial charge in [0.25, 0.3) is 0 Å². The van der Waals surface area contributed by atoms with E-state index in [0.717, 1.165) is 37.8 Å². The van der Waals surface area contributed by atoms with Gasteiger partial charge in [0.05, 0.1) is 18.7 Å². The van der Waals surface area contributed by atoms with Crippen LogP contribution in [0, 0.1) is 32.6 Å². The molecule has 3 heterocycles. The number of rotatable bonds is 4. The topological polar surface area (TPSA) is 109 Å². The van der Waals surface area contributed by atoms with Crippen LogP contribution in [0.2, 0.25) is 0 Å². The SMILES string of the molecule is CC(=O)NCC#Cc1ccc(C2=NC(CC(=O)O)c3nnc(C)n3-c3sc(C)c(C)c32)cc1. The molecule has 0 saturated heterocycles. The molecular formula is C24H23N5O3S. The molecule has 3 aromatic rings. The third kappa shape index (κ3) is 4.43. The summed E-state index contributed by atoms with van der Waals surface area (Å²) >= 11 is 1.63. The Bertz CT molecular complexity index is 1340. The van der Waals surface area contributed by atoms with Crippen molar-refractivity contribution in [3.05, 3.63) is 63.0 Å². The van der Waals surface area contributed by atoms with Crippen LogP contribution in [0.25, 0.3) is 5.00 Å². The number of carbonyl (C=O) groups is 2. The number of nitrogens with zero attached hydrogens (tertiary/aromatic N) is 4. The fourth-order valence-corrected chi connectivity index (χ4v) is 4.93. The van der Waals surface area contributed by atoms with Crippen molar-refractivity contribution < 1.29 is 14.7 Å². The van der Waals surface area contributed by atoms with Crippen molar-refractivity contribution in [2.45, 2.75) is 40.2 Å². The van der Waals surface area contributed by atoms with E-state index in [1.807, 2.05) is 35.8 Å². The van der Waals surface area contributed by atoms with Crippen molar-refractivity contribution >= 4 is 28.9 Å². The maximum atomic E-state index is 11.6. The summed E-state index contributed by atoms with van der Waals surface area (Å²) in [5, 5.41) is 21.6. The minimum absolute atomic E-state index is 0.121. The van der Waals surface area contributed by atoms with E-state index in [0.29, 0.717) is 11.6 Å². The minimum Gasteiger partial charge on any atom is -0.481 e. The normalized spacial score (nSPS) is 14.3. The van der Waals surface area contributed by atoms with Gasteiger partial charge in [0.15, 0.2) is 5.82 Å². The molecule has 0 saturated carbocycles. The summed E-state index contributed by atoms with van der Waals surface area (Å²) in [6.07, 6.45) is -0.179. The number of aliphatic carboxylic acids is 1. The van der Waals surface area contributed by atoms with Crippen molar-refractivity contribution in [2.75, 3.05) is 6.54 Å². The predicted molar refractivity (Wildman–Crippen MR) is 126 cm³/mol. The molecule has 0 bridgehead atoms. The van der Waals surface area contributed by atoms with Crippen LogP contribution in [0.15, 0.2) is 29.3 Å². The summed E-state index contributed by atoms with van der Waals surface area (Å²) in [5.74, 6) is 6.11. The van der Waals surface area contributed by atoms with Crippen molar-refractivity contribution in [2.24, 2.45) is 4.99 Å². The number of aryl methyl sites for hydroxylation is 2. The molecule has 2 N–H and O–H groups in total. The molecule has 1 aliphatic heterocycles. The number of carboxylic acids is 1. The lowest BCUT2D eigenvalue weighted by atomic mass is 9.98. The monoisotopic (exact) mass is 461 g/mol. The largest absolute Gasteiger partial charge is 0.481 e. The molecule has 9 heteroatoms. The molecule has 168 valence electrons. The number of fused-ring (bicyclic) bond motifs is 3. The third-order valence-corrected chi connectivity index (χ3v) is 6.62. The first-order valence-electron chi connectivity index (χ1n) is 10.4. The molecule has 1 aromatic carbocycles. The molecule has 1 amide bonds. The fraction of sp³-hybridized carbons (Fsp3) is 0.292. The second-order valence-electron chi connectivity index (χ2n) is 7.78. The maximum Gasteiger partial charge on any atom is 0.306 e. The van der Waals surface area contributed by atoms with Crippen LogP contribution in [-0.2, 0) is 9.59 Å². The lowest BCUT2D eigenvalue weighted by Gasteiger charge is -2.10. The summed E-state index contributed by atoms with van der Waals surface area (Å²) < 4.78 is 1.94. The molecule has 0 fully saturated rings. The molecule has 8 nitrogen and oxygen atoms in total. The Hall–Kier alpha value is -3.77. The predicted octanol–water partition coefficient (Wildman–Crippen LogP) is 3.11. The Morgan fingerprint density at radius 2 is 1.91 bits per heavy atom. The molecule has 2 aromatic heterocycles. The lowest BCUT2D eigenvalue weighted by Crippen LogP contribution is -2.19. The van der Waals surface area contributed by atoms with E-state index in [1.54, 1.807) is 11.3 Å². The first-order valence-corrected chi connectivity index (χ1v) is 11.2. The first-order chi connectivity index (χ1) is 15.8. The van der Waals surface area contributed by atoms with Gasteiger partial charge >= 0.3 is 5.97 Å². The Kier molecular flexibility index (Phi) is 6.11.